The van der Waals surface area contributed by atoms with Gasteiger partial charge in [-0.2, -0.15) is 0 Å². The summed E-state index contributed by atoms with van der Waals surface area (Å²) in [4.78, 5) is 0. The summed E-state index contributed by atoms with van der Waals surface area (Å²) in [5.41, 5.74) is 0.711. The van der Waals surface area contributed by atoms with Gasteiger partial charge in [-0.25, -0.2) is 0 Å². The van der Waals surface area contributed by atoms with E-state index in [9.17, 15) is 0 Å². The van der Waals surface area contributed by atoms with E-state index in [0.717, 1.165) is 19.4 Å². The molecule has 0 atom stereocenters. The standard InChI is InChI=1S/C13H16ClN3O2/c1-15-7-3-4-12-16-17-13(19-12)10-8-9(14)5-6-11(10)18-2/h5-6,8,15H,3-4,7H2,1-2H3. The van der Waals surface area contributed by atoms with Crippen molar-refractivity contribution in [2.75, 3.05) is 20.7 Å². The average Bonchev–Trinajstić information content (AvgIpc) is 2.88. The Bertz CT molecular complexity index is 542. The molecule has 2 aromatic rings. The fourth-order valence-corrected chi connectivity index (χ4v) is 1.90. The number of rotatable bonds is 6. The minimum Gasteiger partial charge on any atom is -0.496 e. The molecule has 0 radical (unpaired) electrons. The minimum atomic E-state index is 0.429. The first kappa shape index (κ1) is 13.8. The first-order valence-corrected chi connectivity index (χ1v) is 6.43. The number of hydrogen-bond donors (Lipinski definition) is 1. The van der Waals surface area contributed by atoms with Crippen LogP contribution in [0.15, 0.2) is 22.6 Å². The lowest BCUT2D eigenvalue weighted by atomic mass is 10.2. The Morgan fingerprint density at radius 3 is 2.95 bits per heavy atom. The van der Waals surface area contributed by atoms with E-state index in [1.54, 1.807) is 25.3 Å². The third kappa shape index (κ3) is 3.45. The number of benzene rings is 1. The number of ether oxygens (including phenoxy) is 1. The van der Waals surface area contributed by atoms with Crippen LogP contribution in [0.1, 0.15) is 12.3 Å². The molecule has 0 unspecified atom stereocenters. The molecule has 0 aliphatic rings. The number of hydrogen-bond acceptors (Lipinski definition) is 5. The van der Waals surface area contributed by atoms with Crippen LogP contribution in [0, 0.1) is 0 Å². The number of aromatic nitrogens is 2. The molecule has 0 aliphatic heterocycles. The lowest BCUT2D eigenvalue weighted by Crippen LogP contribution is -2.08. The molecule has 2 rings (SSSR count). The van der Waals surface area contributed by atoms with E-state index in [4.69, 9.17) is 20.8 Å². The Balaban J connectivity index is 2.20. The maximum absolute atomic E-state index is 5.98. The van der Waals surface area contributed by atoms with Crippen molar-refractivity contribution in [2.24, 2.45) is 0 Å². The normalized spacial score (nSPS) is 10.7. The van der Waals surface area contributed by atoms with Crippen molar-refractivity contribution in [3.05, 3.63) is 29.1 Å². The fraction of sp³-hybridized carbons (Fsp3) is 0.385. The number of aryl methyl sites for hydroxylation is 1. The third-order valence-corrected chi connectivity index (χ3v) is 2.91. The van der Waals surface area contributed by atoms with Crippen LogP contribution in [0.4, 0.5) is 0 Å². The van der Waals surface area contributed by atoms with Crippen molar-refractivity contribution >= 4 is 11.6 Å². The molecule has 1 aromatic carbocycles. The smallest absolute Gasteiger partial charge is 0.251 e. The van der Waals surface area contributed by atoms with Crippen molar-refractivity contribution < 1.29 is 9.15 Å². The predicted octanol–water partition coefficient (Wildman–Crippen LogP) is 2.55. The van der Waals surface area contributed by atoms with Crippen LogP contribution in [0.25, 0.3) is 11.5 Å². The quantitative estimate of drug-likeness (QED) is 0.825. The molecule has 0 amide bonds. The van der Waals surface area contributed by atoms with Crippen LogP contribution in [0.5, 0.6) is 5.75 Å². The van der Waals surface area contributed by atoms with Gasteiger partial charge in [0.2, 0.25) is 5.89 Å². The molecule has 0 saturated heterocycles. The molecule has 0 fully saturated rings. The van der Waals surface area contributed by atoms with E-state index in [0.29, 0.717) is 28.1 Å². The maximum atomic E-state index is 5.98. The van der Waals surface area contributed by atoms with Crippen molar-refractivity contribution in [1.29, 1.82) is 0 Å². The molecule has 1 aromatic heterocycles. The van der Waals surface area contributed by atoms with E-state index in [-0.39, 0.29) is 0 Å². The van der Waals surface area contributed by atoms with Crippen LogP contribution in [0.2, 0.25) is 5.02 Å². The van der Waals surface area contributed by atoms with Crippen LogP contribution < -0.4 is 10.1 Å². The second kappa shape index (κ2) is 6.54. The summed E-state index contributed by atoms with van der Waals surface area (Å²) in [5, 5.41) is 11.7. The van der Waals surface area contributed by atoms with Gasteiger partial charge in [-0.15, -0.1) is 10.2 Å². The molecule has 0 spiro atoms. The van der Waals surface area contributed by atoms with Crippen LogP contribution >= 0.6 is 11.6 Å². The van der Waals surface area contributed by atoms with E-state index >= 15 is 0 Å². The van der Waals surface area contributed by atoms with Gasteiger partial charge in [-0.05, 0) is 38.2 Å². The van der Waals surface area contributed by atoms with Crippen molar-refractivity contribution in [3.8, 4) is 17.2 Å². The van der Waals surface area contributed by atoms with E-state index in [1.165, 1.54) is 0 Å². The highest BCUT2D eigenvalue weighted by Crippen LogP contribution is 2.31. The fourth-order valence-electron chi connectivity index (χ4n) is 1.73. The highest BCUT2D eigenvalue weighted by molar-refractivity contribution is 6.30. The third-order valence-electron chi connectivity index (χ3n) is 2.68. The Kier molecular flexibility index (Phi) is 4.76. The summed E-state index contributed by atoms with van der Waals surface area (Å²) in [6, 6.07) is 5.29. The highest BCUT2D eigenvalue weighted by atomic mass is 35.5. The van der Waals surface area contributed by atoms with E-state index in [2.05, 4.69) is 15.5 Å². The van der Waals surface area contributed by atoms with Gasteiger partial charge in [0.05, 0.1) is 12.7 Å². The number of nitrogens with one attached hydrogen (secondary N) is 1. The lowest BCUT2D eigenvalue weighted by Gasteiger charge is -2.04. The van der Waals surface area contributed by atoms with Crippen LogP contribution in [-0.4, -0.2) is 30.9 Å². The molecule has 0 bridgehead atoms. The zero-order valence-electron chi connectivity index (χ0n) is 10.9. The van der Waals surface area contributed by atoms with Gasteiger partial charge in [0.15, 0.2) is 0 Å². The summed E-state index contributed by atoms with van der Waals surface area (Å²) in [6.07, 6.45) is 1.70. The highest BCUT2D eigenvalue weighted by Gasteiger charge is 2.13. The molecular formula is C13H16ClN3O2. The van der Waals surface area contributed by atoms with Gasteiger partial charge >= 0.3 is 0 Å². The zero-order chi connectivity index (χ0) is 13.7. The first-order valence-electron chi connectivity index (χ1n) is 6.05. The molecule has 0 saturated carbocycles. The van der Waals surface area contributed by atoms with Gasteiger partial charge < -0.3 is 14.5 Å². The summed E-state index contributed by atoms with van der Waals surface area (Å²) in [6.45, 7) is 0.915. The predicted molar refractivity (Wildman–Crippen MR) is 73.5 cm³/mol. The Morgan fingerprint density at radius 2 is 2.21 bits per heavy atom. The molecule has 6 heteroatoms. The average molecular weight is 282 g/mol. The van der Waals surface area contributed by atoms with E-state index < -0.39 is 0 Å². The maximum Gasteiger partial charge on any atom is 0.251 e. The minimum absolute atomic E-state index is 0.429. The van der Waals surface area contributed by atoms with Crippen LogP contribution in [0.3, 0.4) is 0 Å². The number of nitrogens with zero attached hydrogens (tertiary/aromatic N) is 2. The largest absolute Gasteiger partial charge is 0.496 e. The lowest BCUT2D eigenvalue weighted by molar-refractivity contribution is 0.413. The Hall–Kier alpha value is -1.59. The van der Waals surface area contributed by atoms with Crippen LogP contribution in [-0.2, 0) is 6.42 Å². The second-order valence-corrected chi connectivity index (χ2v) is 4.49. The molecule has 1 heterocycles. The Morgan fingerprint density at radius 1 is 1.37 bits per heavy atom. The number of methoxy groups -OCH3 is 1. The van der Waals surface area contributed by atoms with Crippen molar-refractivity contribution in [3.63, 3.8) is 0 Å². The number of halogens is 1. The molecule has 1 N–H and O–H groups in total. The SMILES string of the molecule is CNCCCc1nnc(-c2cc(Cl)ccc2OC)o1. The van der Waals surface area contributed by atoms with Gasteiger partial charge in [0.1, 0.15) is 5.75 Å². The molecular weight excluding hydrogens is 266 g/mol. The van der Waals surface area contributed by atoms with Gasteiger partial charge in [0, 0.05) is 11.4 Å². The van der Waals surface area contributed by atoms with Gasteiger partial charge in [-0.1, -0.05) is 11.6 Å². The first-order chi connectivity index (χ1) is 9.24. The van der Waals surface area contributed by atoms with Crippen molar-refractivity contribution in [2.45, 2.75) is 12.8 Å². The summed E-state index contributed by atoms with van der Waals surface area (Å²) in [5.74, 6) is 1.71. The van der Waals surface area contributed by atoms with Gasteiger partial charge in [0.25, 0.3) is 5.89 Å². The molecule has 19 heavy (non-hydrogen) atoms. The monoisotopic (exact) mass is 281 g/mol. The zero-order valence-corrected chi connectivity index (χ0v) is 11.7. The summed E-state index contributed by atoms with van der Waals surface area (Å²) >= 11 is 5.98. The molecule has 102 valence electrons. The second-order valence-electron chi connectivity index (χ2n) is 4.05. The van der Waals surface area contributed by atoms with Crippen molar-refractivity contribution in [1.82, 2.24) is 15.5 Å². The summed E-state index contributed by atoms with van der Waals surface area (Å²) in [7, 11) is 3.51. The Labute approximate surface area is 116 Å². The van der Waals surface area contributed by atoms with Gasteiger partial charge in [-0.3, -0.25) is 0 Å². The molecule has 0 aliphatic carbocycles. The summed E-state index contributed by atoms with van der Waals surface area (Å²) < 4.78 is 10.9. The topological polar surface area (TPSA) is 60.2 Å². The van der Waals surface area contributed by atoms with E-state index in [1.807, 2.05) is 7.05 Å². The molecule has 5 nitrogen and oxygen atoms in total.